The van der Waals surface area contributed by atoms with Gasteiger partial charge >= 0.3 is 0 Å². The minimum Gasteiger partial charge on any atom is -0.348 e. The number of amides is 1. The van der Waals surface area contributed by atoms with Crippen molar-refractivity contribution < 1.29 is 4.79 Å². The molecule has 0 unspecified atom stereocenters. The number of pyridine rings is 1. The largest absolute Gasteiger partial charge is 0.348 e. The average Bonchev–Trinajstić information content (AvgIpc) is 2.60. The van der Waals surface area contributed by atoms with Crippen LogP contribution in [0.1, 0.15) is 27.2 Å². The highest BCUT2D eigenvalue weighted by molar-refractivity contribution is 6.31. The van der Waals surface area contributed by atoms with Gasteiger partial charge in [0.2, 0.25) is 0 Å². The molecule has 0 atom stereocenters. The number of carbonyl (C=O) groups excluding carboxylic acids is 1. The third-order valence-electron chi connectivity index (χ3n) is 4.19. The summed E-state index contributed by atoms with van der Waals surface area (Å²) in [5.74, 6) is -0.130. The molecule has 3 aromatic rings. The Balaban J connectivity index is 1.71. The summed E-state index contributed by atoms with van der Waals surface area (Å²) in [5.41, 5.74) is 4.43. The van der Waals surface area contributed by atoms with Crippen LogP contribution in [-0.2, 0) is 13.1 Å². The van der Waals surface area contributed by atoms with Crippen molar-refractivity contribution in [2.45, 2.75) is 20.0 Å². The van der Waals surface area contributed by atoms with E-state index in [0.717, 1.165) is 23.0 Å². The number of carbonyl (C=O) groups is 1. The first-order chi connectivity index (χ1) is 12.4. The number of nitrogens with zero attached hydrogens (tertiary/aromatic N) is 2. The highest BCUT2D eigenvalue weighted by Gasteiger charge is 2.12. The molecule has 1 heterocycles. The summed E-state index contributed by atoms with van der Waals surface area (Å²) in [6.45, 7) is 3.23. The zero-order valence-electron chi connectivity index (χ0n) is 15.2. The fourth-order valence-electron chi connectivity index (χ4n) is 2.88. The summed E-state index contributed by atoms with van der Waals surface area (Å²) < 4.78 is 0. The summed E-state index contributed by atoms with van der Waals surface area (Å²) in [6.07, 6.45) is 0. The van der Waals surface area contributed by atoms with Gasteiger partial charge in [-0.15, -0.1) is 0 Å². The Kier molecular flexibility index (Phi) is 5.55. The lowest BCUT2D eigenvalue weighted by Gasteiger charge is -2.11. The average molecular weight is 368 g/mol. The lowest BCUT2D eigenvalue weighted by atomic mass is 10.1. The van der Waals surface area contributed by atoms with Gasteiger partial charge in [0, 0.05) is 23.5 Å². The number of hydrogen-bond donors (Lipinski definition) is 1. The van der Waals surface area contributed by atoms with E-state index in [-0.39, 0.29) is 5.91 Å². The first-order valence-corrected chi connectivity index (χ1v) is 8.88. The Labute approximate surface area is 158 Å². The first kappa shape index (κ1) is 18.4. The molecule has 134 valence electrons. The molecule has 3 rings (SSSR count). The highest BCUT2D eigenvalue weighted by Crippen LogP contribution is 2.20. The lowest BCUT2D eigenvalue weighted by molar-refractivity contribution is 0.0950. The summed E-state index contributed by atoms with van der Waals surface area (Å²) in [5, 5.41) is 4.47. The Morgan fingerprint density at radius 1 is 1.08 bits per heavy atom. The molecule has 1 amide bonds. The van der Waals surface area contributed by atoms with Crippen molar-refractivity contribution in [1.82, 2.24) is 15.2 Å². The Morgan fingerprint density at radius 3 is 2.46 bits per heavy atom. The second kappa shape index (κ2) is 7.85. The van der Waals surface area contributed by atoms with Crippen molar-refractivity contribution in [3.63, 3.8) is 0 Å². The number of rotatable bonds is 5. The van der Waals surface area contributed by atoms with Crippen LogP contribution in [-0.4, -0.2) is 29.9 Å². The van der Waals surface area contributed by atoms with E-state index < -0.39 is 0 Å². The van der Waals surface area contributed by atoms with Gasteiger partial charge in [0.25, 0.3) is 5.91 Å². The van der Waals surface area contributed by atoms with Gasteiger partial charge in [-0.2, -0.15) is 0 Å². The summed E-state index contributed by atoms with van der Waals surface area (Å²) in [6, 6.07) is 15.6. The minimum absolute atomic E-state index is 0.130. The van der Waals surface area contributed by atoms with Crippen LogP contribution < -0.4 is 5.32 Å². The zero-order valence-corrected chi connectivity index (χ0v) is 16.0. The smallest absolute Gasteiger partial charge is 0.253 e. The number of halogens is 1. The maximum absolute atomic E-state index is 12.6. The molecule has 5 heteroatoms. The van der Waals surface area contributed by atoms with E-state index >= 15 is 0 Å². The molecule has 0 saturated heterocycles. The molecule has 0 spiro atoms. The lowest BCUT2D eigenvalue weighted by Crippen LogP contribution is -2.24. The van der Waals surface area contributed by atoms with Crippen molar-refractivity contribution in [1.29, 1.82) is 0 Å². The van der Waals surface area contributed by atoms with E-state index in [9.17, 15) is 4.79 Å². The second-order valence-electron chi connectivity index (χ2n) is 6.70. The molecule has 0 aliphatic carbocycles. The fourth-order valence-corrected chi connectivity index (χ4v) is 3.06. The number of nitrogens with one attached hydrogen (secondary N) is 1. The van der Waals surface area contributed by atoms with Crippen molar-refractivity contribution in [2.75, 3.05) is 14.1 Å². The predicted molar refractivity (Wildman–Crippen MR) is 106 cm³/mol. The Hall–Kier alpha value is -2.43. The summed E-state index contributed by atoms with van der Waals surface area (Å²) in [7, 11) is 4.09. The van der Waals surface area contributed by atoms with Gasteiger partial charge in [-0.25, -0.2) is 0 Å². The normalized spacial score (nSPS) is 11.1. The van der Waals surface area contributed by atoms with Gasteiger partial charge in [0.1, 0.15) is 0 Å². The van der Waals surface area contributed by atoms with Crippen LogP contribution in [0.25, 0.3) is 10.9 Å². The van der Waals surface area contributed by atoms with Gasteiger partial charge in [0.15, 0.2) is 0 Å². The molecule has 1 N–H and O–H groups in total. The van der Waals surface area contributed by atoms with Crippen LogP contribution in [0.4, 0.5) is 0 Å². The van der Waals surface area contributed by atoms with Crippen molar-refractivity contribution in [2.24, 2.45) is 0 Å². The molecule has 0 saturated carbocycles. The Bertz CT molecular complexity index is 936. The van der Waals surface area contributed by atoms with Crippen molar-refractivity contribution >= 4 is 28.4 Å². The van der Waals surface area contributed by atoms with E-state index in [2.05, 4.69) is 27.3 Å². The number of fused-ring (bicyclic) bond motifs is 1. The van der Waals surface area contributed by atoms with Crippen molar-refractivity contribution in [3.05, 3.63) is 75.9 Å². The molecule has 0 bridgehead atoms. The quantitative estimate of drug-likeness (QED) is 0.735. The number of aryl methyl sites for hydroxylation is 1. The van der Waals surface area contributed by atoms with Crippen LogP contribution in [0.3, 0.4) is 0 Å². The molecule has 1 aromatic heterocycles. The van der Waals surface area contributed by atoms with Crippen LogP contribution in [0.2, 0.25) is 5.02 Å². The molecule has 4 nitrogen and oxygen atoms in total. The number of benzene rings is 2. The van der Waals surface area contributed by atoms with E-state index in [4.69, 9.17) is 11.6 Å². The third-order valence-corrected chi connectivity index (χ3v) is 4.42. The van der Waals surface area contributed by atoms with Gasteiger partial charge in [-0.1, -0.05) is 35.9 Å². The molecular weight excluding hydrogens is 346 g/mol. The highest BCUT2D eigenvalue weighted by atomic mass is 35.5. The topological polar surface area (TPSA) is 45.2 Å². The third kappa shape index (κ3) is 4.40. The Morgan fingerprint density at radius 2 is 1.77 bits per heavy atom. The zero-order chi connectivity index (χ0) is 18.7. The van der Waals surface area contributed by atoms with Gasteiger partial charge in [0.05, 0.1) is 16.8 Å². The van der Waals surface area contributed by atoms with E-state index in [1.165, 1.54) is 5.56 Å². The first-order valence-electron chi connectivity index (χ1n) is 8.50. The maximum Gasteiger partial charge on any atom is 0.253 e. The van der Waals surface area contributed by atoms with Crippen LogP contribution in [0.5, 0.6) is 0 Å². The molecule has 2 aromatic carbocycles. The maximum atomic E-state index is 12.6. The van der Waals surface area contributed by atoms with Crippen LogP contribution in [0.15, 0.2) is 48.5 Å². The fraction of sp³-hybridized carbons (Fsp3) is 0.238. The molecule has 0 fully saturated rings. The van der Waals surface area contributed by atoms with Crippen LogP contribution in [0, 0.1) is 6.92 Å². The van der Waals surface area contributed by atoms with Gasteiger partial charge < -0.3 is 10.2 Å². The van der Waals surface area contributed by atoms with Crippen molar-refractivity contribution in [3.8, 4) is 0 Å². The SMILES string of the molecule is Cc1nc2ccc(Cl)cc2cc1C(=O)NCc1ccc(CN(C)C)cc1. The molecule has 0 aliphatic heterocycles. The monoisotopic (exact) mass is 367 g/mol. The molecule has 26 heavy (non-hydrogen) atoms. The molecule has 0 aliphatic rings. The molecular formula is C21H22ClN3O. The van der Waals surface area contributed by atoms with Crippen LogP contribution >= 0.6 is 11.6 Å². The van der Waals surface area contributed by atoms with Gasteiger partial charge in [-0.05, 0) is 56.4 Å². The predicted octanol–water partition coefficient (Wildman–Crippen LogP) is 4.19. The standard InChI is InChI=1S/C21H22ClN3O/c1-14-19(11-17-10-18(22)8-9-20(17)24-14)21(26)23-12-15-4-6-16(7-5-15)13-25(2)3/h4-11H,12-13H2,1-3H3,(H,23,26). The summed E-state index contributed by atoms with van der Waals surface area (Å²) >= 11 is 6.04. The van der Waals surface area contributed by atoms with E-state index in [1.807, 2.05) is 51.4 Å². The summed E-state index contributed by atoms with van der Waals surface area (Å²) in [4.78, 5) is 19.2. The van der Waals surface area contributed by atoms with Gasteiger partial charge in [-0.3, -0.25) is 9.78 Å². The minimum atomic E-state index is -0.130. The number of hydrogen-bond acceptors (Lipinski definition) is 3. The van der Waals surface area contributed by atoms with E-state index in [1.54, 1.807) is 6.07 Å². The number of aromatic nitrogens is 1. The van der Waals surface area contributed by atoms with E-state index in [0.29, 0.717) is 22.8 Å². The molecule has 0 radical (unpaired) electrons. The second-order valence-corrected chi connectivity index (χ2v) is 7.13.